The topological polar surface area (TPSA) is 12.0 Å². The molecule has 3 unspecified atom stereocenters. The molecule has 0 aliphatic carbocycles. The van der Waals surface area contributed by atoms with Gasteiger partial charge in [-0.05, 0) is 32.2 Å². The van der Waals surface area contributed by atoms with Crippen LogP contribution in [0, 0.1) is 0 Å². The monoisotopic (exact) mass is 230 g/mol. The van der Waals surface area contributed by atoms with Gasteiger partial charge in [-0.1, -0.05) is 19.2 Å². The first-order chi connectivity index (χ1) is 4.95. The molecule has 0 aromatic heterocycles. The van der Waals surface area contributed by atoms with E-state index in [0.717, 1.165) is 0 Å². The van der Waals surface area contributed by atoms with Gasteiger partial charge in [-0.25, -0.2) is 5.09 Å². The zero-order valence-electron chi connectivity index (χ0n) is 7.50. The van der Waals surface area contributed by atoms with Crippen LogP contribution in [0.4, 0.5) is 0 Å². The summed E-state index contributed by atoms with van der Waals surface area (Å²) in [5, 5.41) is 3.86. The van der Waals surface area contributed by atoms with E-state index in [1.54, 1.807) is 0 Å². The van der Waals surface area contributed by atoms with Crippen molar-refractivity contribution in [2.45, 2.75) is 25.5 Å². The highest BCUT2D eigenvalue weighted by Gasteiger charge is 2.33. The molecule has 0 aliphatic rings. The molecular formula is C6H17NPS3+. The summed E-state index contributed by atoms with van der Waals surface area (Å²) < 4.78 is -1.53. The SMILES string of the molecule is CCC(C)[S+](C)P(=S)(S)NC. The standard InChI is InChI=1S/C6H16NPS3/c1-5-6(2)11(4)8(9,10)7-3/h6H,5H2,1-4H3,(H-,7,9,10)/p+1. The number of hydrogen-bond donors (Lipinski definition) is 2. The third-order valence-electron chi connectivity index (χ3n) is 1.83. The highest BCUT2D eigenvalue weighted by atomic mass is 33.2. The molecule has 3 atom stereocenters. The Morgan fingerprint density at radius 3 is 2.45 bits per heavy atom. The van der Waals surface area contributed by atoms with Crippen LogP contribution in [-0.4, -0.2) is 18.6 Å². The van der Waals surface area contributed by atoms with Gasteiger partial charge in [0, 0.05) is 10.5 Å². The third kappa shape index (κ3) is 3.69. The van der Waals surface area contributed by atoms with Crippen molar-refractivity contribution < 1.29 is 0 Å². The molecule has 0 saturated heterocycles. The van der Waals surface area contributed by atoms with Gasteiger partial charge in [0.15, 0.2) is 0 Å². The van der Waals surface area contributed by atoms with E-state index in [-0.39, 0.29) is 10.5 Å². The lowest BCUT2D eigenvalue weighted by molar-refractivity contribution is 0.904. The Labute approximate surface area is 83.0 Å². The van der Waals surface area contributed by atoms with Crippen LogP contribution in [0.5, 0.6) is 0 Å². The van der Waals surface area contributed by atoms with E-state index in [4.69, 9.17) is 11.8 Å². The van der Waals surface area contributed by atoms with Crippen LogP contribution in [0.3, 0.4) is 0 Å². The fourth-order valence-corrected chi connectivity index (χ4v) is 7.43. The number of hydrogen-bond acceptors (Lipinski definition) is 1. The van der Waals surface area contributed by atoms with Crippen molar-refractivity contribution >= 4 is 39.2 Å². The Morgan fingerprint density at radius 1 is 1.73 bits per heavy atom. The lowest BCUT2D eigenvalue weighted by Gasteiger charge is -2.17. The average Bonchev–Trinajstić information content (AvgIpc) is 2.01. The van der Waals surface area contributed by atoms with Crippen molar-refractivity contribution in [3.8, 4) is 0 Å². The molecule has 0 rings (SSSR count). The zero-order valence-corrected chi connectivity index (χ0v) is 10.9. The molecule has 1 N–H and O–H groups in total. The second-order valence-electron chi connectivity index (χ2n) is 2.49. The van der Waals surface area contributed by atoms with Gasteiger partial charge in [0.05, 0.1) is 0 Å². The predicted octanol–water partition coefficient (Wildman–Crippen LogP) is 2.41. The van der Waals surface area contributed by atoms with Gasteiger partial charge < -0.3 is 0 Å². The minimum absolute atomic E-state index is 0.254. The number of rotatable bonds is 4. The van der Waals surface area contributed by atoms with Gasteiger partial charge in [0.1, 0.15) is 11.5 Å². The summed E-state index contributed by atoms with van der Waals surface area (Å²) in [5.74, 6) is 0. The lowest BCUT2D eigenvalue weighted by Crippen LogP contribution is -2.18. The van der Waals surface area contributed by atoms with Gasteiger partial charge in [0.25, 0.3) is 4.59 Å². The fourth-order valence-electron chi connectivity index (χ4n) is 0.629. The van der Waals surface area contributed by atoms with E-state index in [1.165, 1.54) is 6.42 Å². The molecule has 0 spiro atoms. The largest absolute Gasteiger partial charge is 0.255 e. The Kier molecular flexibility index (Phi) is 5.74. The molecule has 11 heavy (non-hydrogen) atoms. The van der Waals surface area contributed by atoms with Gasteiger partial charge in [-0.2, -0.15) is 0 Å². The summed E-state index contributed by atoms with van der Waals surface area (Å²) in [6, 6.07) is 0. The van der Waals surface area contributed by atoms with Crippen LogP contribution < -0.4 is 5.09 Å². The van der Waals surface area contributed by atoms with Crippen LogP contribution in [0.2, 0.25) is 0 Å². The summed E-state index contributed by atoms with van der Waals surface area (Å²) >= 11 is 9.89. The summed E-state index contributed by atoms with van der Waals surface area (Å²) in [6.45, 7) is 4.45. The van der Waals surface area contributed by atoms with E-state index >= 15 is 0 Å². The van der Waals surface area contributed by atoms with Crippen molar-refractivity contribution in [3.05, 3.63) is 0 Å². The maximum absolute atomic E-state index is 5.39. The van der Waals surface area contributed by atoms with Crippen molar-refractivity contribution in [1.29, 1.82) is 0 Å². The molecular weight excluding hydrogens is 213 g/mol. The molecule has 5 heteroatoms. The Hall–Kier alpha value is 1.31. The molecule has 0 heterocycles. The average molecular weight is 230 g/mol. The van der Waals surface area contributed by atoms with Crippen molar-refractivity contribution in [2.24, 2.45) is 0 Å². The summed E-state index contributed by atoms with van der Waals surface area (Å²) in [5.41, 5.74) is 0. The predicted molar refractivity (Wildman–Crippen MR) is 65.4 cm³/mol. The third-order valence-corrected chi connectivity index (χ3v) is 14.2. The van der Waals surface area contributed by atoms with Crippen LogP contribution >= 0.6 is 16.8 Å². The molecule has 0 fully saturated rings. The van der Waals surface area contributed by atoms with Crippen molar-refractivity contribution in [3.63, 3.8) is 0 Å². The first-order valence-electron chi connectivity index (χ1n) is 3.63. The lowest BCUT2D eigenvalue weighted by atomic mass is 10.4. The second-order valence-corrected chi connectivity index (χ2v) is 15.0. The van der Waals surface area contributed by atoms with Crippen molar-refractivity contribution in [1.82, 2.24) is 5.09 Å². The Balaban J connectivity index is 4.22. The van der Waals surface area contributed by atoms with Gasteiger partial charge in [0.2, 0.25) is 0 Å². The molecule has 0 aromatic rings. The first kappa shape index (κ1) is 12.3. The Morgan fingerprint density at radius 2 is 2.18 bits per heavy atom. The molecule has 68 valence electrons. The first-order valence-corrected chi connectivity index (χ1v) is 9.88. The summed E-state index contributed by atoms with van der Waals surface area (Å²) in [6.07, 6.45) is 3.42. The van der Waals surface area contributed by atoms with Crippen LogP contribution in [0.25, 0.3) is 0 Å². The zero-order chi connectivity index (χ0) is 9.07. The van der Waals surface area contributed by atoms with E-state index in [0.29, 0.717) is 5.25 Å². The molecule has 0 bridgehead atoms. The van der Waals surface area contributed by atoms with E-state index < -0.39 is 4.59 Å². The van der Waals surface area contributed by atoms with Gasteiger partial charge in [-0.15, -0.1) is 0 Å². The maximum Gasteiger partial charge on any atom is 0.255 e. The quantitative estimate of drug-likeness (QED) is 0.437. The molecule has 0 amide bonds. The van der Waals surface area contributed by atoms with Crippen LogP contribution in [0.1, 0.15) is 20.3 Å². The number of nitrogens with one attached hydrogen (secondary N) is 1. The van der Waals surface area contributed by atoms with E-state index in [2.05, 4.69) is 37.4 Å². The second kappa shape index (κ2) is 5.13. The van der Waals surface area contributed by atoms with Gasteiger partial charge >= 0.3 is 0 Å². The number of thiol groups is 1. The van der Waals surface area contributed by atoms with E-state index in [9.17, 15) is 0 Å². The molecule has 0 aromatic carbocycles. The highest BCUT2D eigenvalue weighted by Crippen LogP contribution is 2.55. The normalized spacial score (nSPS) is 22.3. The Bertz CT molecular complexity index is 162. The van der Waals surface area contributed by atoms with Crippen molar-refractivity contribution in [2.75, 3.05) is 13.3 Å². The minimum atomic E-state index is -1.53. The van der Waals surface area contributed by atoms with Crippen LogP contribution in [0.15, 0.2) is 0 Å². The molecule has 1 nitrogen and oxygen atoms in total. The van der Waals surface area contributed by atoms with Gasteiger partial charge in [-0.3, -0.25) is 0 Å². The highest BCUT2D eigenvalue weighted by molar-refractivity contribution is 8.94. The molecule has 0 radical (unpaired) electrons. The molecule has 0 saturated carbocycles. The van der Waals surface area contributed by atoms with Crippen LogP contribution in [-0.2, 0) is 22.3 Å². The smallest absolute Gasteiger partial charge is 0.244 e. The van der Waals surface area contributed by atoms with E-state index in [1.807, 2.05) is 7.05 Å². The fraction of sp³-hybridized carbons (Fsp3) is 1.00. The molecule has 0 aliphatic heterocycles. The maximum atomic E-state index is 5.39. The summed E-state index contributed by atoms with van der Waals surface area (Å²) in [4.78, 5) is 0. The summed E-state index contributed by atoms with van der Waals surface area (Å²) in [7, 11) is 2.17. The minimum Gasteiger partial charge on any atom is -0.244 e.